The number of piperidine rings is 1. The number of likely N-dealkylation sites (N-methyl/N-ethyl adjacent to an activating group) is 2. The highest BCUT2D eigenvalue weighted by Crippen LogP contribution is 2.40. The van der Waals surface area contributed by atoms with Crippen LogP contribution in [-0.2, 0) is 0 Å². The van der Waals surface area contributed by atoms with Crippen LogP contribution in [0.3, 0.4) is 0 Å². The minimum atomic E-state index is 0.304. The Bertz CT molecular complexity index is 841. The van der Waals surface area contributed by atoms with Crippen molar-refractivity contribution in [1.82, 2.24) is 14.8 Å². The SMILES string of the molecule is CN(C)CCN1N=C2/C(=C/c3ccccc3)CN(C)CC2C1c1ccccc1. The molecule has 2 heterocycles. The highest BCUT2D eigenvalue weighted by molar-refractivity contribution is 6.07. The summed E-state index contributed by atoms with van der Waals surface area (Å²) in [5, 5.41) is 7.51. The van der Waals surface area contributed by atoms with Crippen LogP contribution in [0.2, 0.25) is 0 Å². The molecule has 0 spiro atoms. The number of rotatable bonds is 5. The quantitative estimate of drug-likeness (QED) is 0.798. The third-order valence-electron chi connectivity index (χ3n) is 5.63. The number of nitrogens with zero attached hydrogens (tertiary/aromatic N) is 4. The van der Waals surface area contributed by atoms with Gasteiger partial charge in [0.15, 0.2) is 0 Å². The Kier molecular flexibility index (Phi) is 5.60. The molecule has 0 bridgehead atoms. The summed E-state index contributed by atoms with van der Waals surface area (Å²) in [6.07, 6.45) is 2.32. The van der Waals surface area contributed by atoms with Crippen LogP contribution in [0.4, 0.5) is 0 Å². The van der Waals surface area contributed by atoms with Gasteiger partial charge in [0.05, 0.1) is 11.8 Å². The molecule has 2 unspecified atom stereocenters. The smallest absolute Gasteiger partial charge is 0.0817 e. The lowest BCUT2D eigenvalue weighted by Crippen LogP contribution is -2.42. The number of fused-ring (bicyclic) bond motifs is 1. The van der Waals surface area contributed by atoms with E-state index in [9.17, 15) is 0 Å². The molecular formula is C24H30N4. The molecule has 0 amide bonds. The van der Waals surface area contributed by atoms with E-state index in [1.54, 1.807) is 0 Å². The summed E-state index contributed by atoms with van der Waals surface area (Å²) in [5.41, 5.74) is 5.23. The highest BCUT2D eigenvalue weighted by Gasteiger charge is 2.42. The molecule has 0 aliphatic carbocycles. The zero-order valence-electron chi connectivity index (χ0n) is 17.1. The van der Waals surface area contributed by atoms with E-state index in [2.05, 4.69) is 103 Å². The largest absolute Gasteiger partial charge is 0.308 e. The first-order valence-corrected chi connectivity index (χ1v) is 10.1. The fraction of sp³-hybridized carbons (Fsp3) is 0.375. The summed E-state index contributed by atoms with van der Waals surface area (Å²) in [5.74, 6) is 0.401. The molecule has 146 valence electrons. The molecule has 2 aliphatic rings. The third kappa shape index (κ3) is 4.03. The standard InChI is InChI=1S/C24H30N4/c1-26(2)14-15-28-24(20-12-8-5-9-13-20)22-18-27(3)17-21(23(22)25-28)16-19-10-6-4-7-11-19/h4-13,16,22,24H,14-15,17-18H2,1-3H3/b21-16+. The molecule has 0 N–H and O–H groups in total. The van der Waals surface area contributed by atoms with Crippen molar-refractivity contribution in [1.29, 1.82) is 0 Å². The first-order valence-electron chi connectivity index (χ1n) is 10.1. The normalized spacial score (nSPS) is 23.9. The number of hydrazone groups is 1. The van der Waals surface area contributed by atoms with Crippen LogP contribution in [-0.4, -0.2) is 67.8 Å². The van der Waals surface area contributed by atoms with Gasteiger partial charge in [0.1, 0.15) is 0 Å². The van der Waals surface area contributed by atoms with E-state index in [0.717, 1.165) is 26.2 Å². The summed E-state index contributed by atoms with van der Waals surface area (Å²) in [6.45, 7) is 3.94. The van der Waals surface area contributed by atoms with Gasteiger partial charge in [-0.25, -0.2) is 0 Å². The lowest BCUT2D eigenvalue weighted by Gasteiger charge is -2.35. The number of hydrogen-bond acceptors (Lipinski definition) is 4. The second kappa shape index (κ2) is 8.29. The van der Waals surface area contributed by atoms with Crippen LogP contribution >= 0.6 is 0 Å². The summed E-state index contributed by atoms with van der Waals surface area (Å²) in [4.78, 5) is 4.67. The van der Waals surface area contributed by atoms with Crippen molar-refractivity contribution >= 4 is 11.8 Å². The highest BCUT2D eigenvalue weighted by atomic mass is 15.5. The maximum Gasteiger partial charge on any atom is 0.0817 e. The monoisotopic (exact) mass is 374 g/mol. The van der Waals surface area contributed by atoms with Gasteiger partial charge in [-0.15, -0.1) is 0 Å². The summed E-state index contributed by atoms with van der Waals surface area (Å²) >= 11 is 0. The molecule has 2 aliphatic heterocycles. The van der Waals surface area contributed by atoms with Crippen LogP contribution < -0.4 is 0 Å². The van der Waals surface area contributed by atoms with E-state index in [1.165, 1.54) is 22.4 Å². The minimum absolute atomic E-state index is 0.304. The van der Waals surface area contributed by atoms with Crippen LogP contribution in [0.25, 0.3) is 6.08 Å². The first-order chi connectivity index (χ1) is 13.6. The van der Waals surface area contributed by atoms with E-state index < -0.39 is 0 Å². The Morgan fingerprint density at radius 1 is 1.04 bits per heavy atom. The third-order valence-corrected chi connectivity index (χ3v) is 5.63. The summed E-state index contributed by atoms with van der Waals surface area (Å²) in [7, 11) is 6.48. The van der Waals surface area contributed by atoms with Gasteiger partial charge < -0.3 is 9.80 Å². The number of benzene rings is 2. The predicted molar refractivity (Wildman–Crippen MR) is 117 cm³/mol. The molecule has 2 atom stereocenters. The Morgan fingerprint density at radius 2 is 1.71 bits per heavy atom. The molecule has 2 aromatic rings. The summed E-state index contributed by atoms with van der Waals surface area (Å²) < 4.78 is 0. The van der Waals surface area contributed by atoms with Crippen molar-refractivity contribution in [2.75, 3.05) is 47.3 Å². The Balaban J connectivity index is 1.71. The number of likely N-dealkylation sites (tertiary alicyclic amines) is 1. The van der Waals surface area contributed by atoms with Crippen molar-refractivity contribution in [3.05, 3.63) is 77.4 Å². The van der Waals surface area contributed by atoms with Crippen molar-refractivity contribution in [3.63, 3.8) is 0 Å². The molecule has 1 fully saturated rings. The van der Waals surface area contributed by atoms with Gasteiger partial charge in [0.2, 0.25) is 0 Å². The zero-order valence-corrected chi connectivity index (χ0v) is 17.1. The van der Waals surface area contributed by atoms with Gasteiger partial charge in [-0.2, -0.15) is 5.10 Å². The van der Waals surface area contributed by atoms with E-state index in [1.807, 2.05) is 0 Å². The van der Waals surface area contributed by atoms with E-state index in [0.29, 0.717) is 12.0 Å². The van der Waals surface area contributed by atoms with Gasteiger partial charge in [0.25, 0.3) is 0 Å². The van der Waals surface area contributed by atoms with Gasteiger partial charge in [-0.1, -0.05) is 60.7 Å². The molecule has 0 aromatic heterocycles. The maximum absolute atomic E-state index is 5.18. The van der Waals surface area contributed by atoms with E-state index >= 15 is 0 Å². The van der Waals surface area contributed by atoms with Crippen molar-refractivity contribution in [2.24, 2.45) is 11.0 Å². The molecule has 1 saturated heterocycles. The van der Waals surface area contributed by atoms with Crippen molar-refractivity contribution in [3.8, 4) is 0 Å². The van der Waals surface area contributed by atoms with E-state index in [-0.39, 0.29) is 0 Å². The predicted octanol–water partition coefficient (Wildman–Crippen LogP) is 3.61. The van der Waals surface area contributed by atoms with Gasteiger partial charge in [-0.3, -0.25) is 5.01 Å². The molecule has 0 saturated carbocycles. The van der Waals surface area contributed by atoms with Gasteiger partial charge in [0, 0.05) is 32.1 Å². The average Bonchev–Trinajstić information content (AvgIpc) is 3.06. The first kappa shape index (κ1) is 18.9. The van der Waals surface area contributed by atoms with Gasteiger partial charge >= 0.3 is 0 Å². The van der Waals surface area contributed by atoms with Crippen LogP contribution in [0.15, 0.2) is 71.3 Å². The van der Waals surface area contributed by atoms with Gasteiger partial charge in [-0.05, 0) is 43.9 Å². The number of hydrogen-bond donors (Lipinski definition) is 0. The fourth-order valence-corrected chi connectivity index (χ4v) is 4.31. The second-order valence-electron chi connectivity index (χ2n) is 8.19. The maximum atomic E-state index is 5.18. The lowest BCUT2D eigenvalue weighted by atomic mass is 9.83. The van der Waals surface area contributed by atoms with Crippen LogP contribution in [0.5, 0.6) is 0 Å². The molecule has 4 nitrogen and oxygen atoms in total. The topological polar surface area (TPSA) is 22.1 Å². The lowest BCUT2D eigenvalue weighted by molar-refractivity contribution is 0.165. The Labute approximate surface area is 168 Å². The Morgan fingerprint density at radius 3 is 2.39 bits per heavy atom. The zero-order chi connectivity index (χ0) is 19.5. The van der Waals surface area contributed by atoms with E-state index in [4.69, 9.17) is 5.10 Å². The summed E-state index contributed by atoms with van der Waals surface area (Å²) in [6, 6.07) is 21.8. The molecule has 28 heavy (non-hydrogen) atoms. The van der Waals surface area contributed by atoms with Crippen molar-refractivity contribution < 1.29 is 0 Å². The molecule has 4 heteroatoms. The Hall–Kier alpha value is -2.43. The molecular weight excluding hydrogens is 344 g/mol. The van der Waals surface area contributed by atoms with Crippen LogP contribution in [0, 0.1) is 5.92 Å². The minimum Gasteiger partial charge on any atom is -0.308 e. The molecule has 2 aromatic carbocycles. The fourth-order valence-electron chi connectivity index (χ4n) is 4.31. The van der Waals surface area contributed by atoms with Crippen molar-refractivity contribution in [2.45, 2.75) is 6.04 Å². The van der Waals surface area contributed by atoms with Crippen LogP contribution in [0.1, 0.15) is 17.2 Å². The molecule has 0 radical (unpaired) electrons. The second-order valence-corrected chi connectivity index (χ2v) is 8.19. The average molecular weight is 375 g/mol. The molecule has 4 rings (SSSR count).